The Morgan fingerprint density at radius 1 is 1.58 bits per heavy atom. The van der Waals surface area contributed by atoms with Crippen LogP contribution in [0.15, 0.2) is 4.42 Å². The lowest BCUT2D eigenvalue weighted by molar-refractivity contribution is -0.141. The summed E-state index contributed by atoms with van der Waals surface area (Å²) in [5.74, 6) is 3.50. The van der Waals surface area contributed by atoms with Gasteiger partial charge in [-0.25, -0.2) is 4.98 Å². The van der Waals surface area contributed by atoms with E-state index in [0.717, 1.165) is 36.0 Å². The molecule has 0 radical (unpaired) electrons. The highest BCUT2D eigenvalue weighted by molar-refractivity contribution is 7.99. The lowest BCUT2D eigenvalue weighted by atomic mass is 10.2. The number of methoxy groups -OCH3 is 1. The molecular formula is C13H20N2O3S. The fourth-order valence-electron chi connectivity index (χ4n) is 2.27. The zero-order valence-corrected chi connectivity index (χ0v) is 12.5. The Balaban J connectivity index is 2.03. The molecule has 6 heteroatoms. The molecule has 0 amide bonds. The average Bonchev–Trinajstić information content (AvgIpc) is 2.70. The third-order valence-electron chi connectivity index (χ3n) is 3.33. The van der Waals surface area contributed by atoms with Gasteiger partial charge in [0.05, 0.1) is 25.8 Å². The molecule has 1 aromatic heterocycles. The summed E-state index contributed by atoms with van der Waals surface area (Å²) in [6.45, 7) is 5.49. The first-order valence-electron chi connectivity index (χ1n) is 6.41. The van der Waals surface area contributed by atoms with Gasteiger partial charge in [-0.2, -0.15) is 11.8 Å². The Kier molecular flexibility index (Phi) is 4.87. The average molecular weight is 284 g/mol. The van der Waals surface area contributed by atoms with Gasteiger partial charge in [-0.1, -0.05) is 0 Å². The maximum Gasteiger partial charge on any atom is 0.307 e. The van der Waals surface area contributed by atoms with E-state index in [1.165, 1.54) is 7.11 Å². The Morgan fingerprint density at radius 2 is 2.37 bits per heavy atom. The molecule has 1 fully saturated rings. The topological polar surface area (TPSA) is 55.6 Å². The third kappa shape index (κ3) is 3.73. The van der Waals surface area contributed by atoms with Gasteiger partial charge in [0.1, 0.15) is 5.76 Å². The van der Waals surface area contributed by atoms with Crippen LogP contribution in [-0.2, 0) is 16.1 Å². The third-order valence-corrected chi connectivity index (χ3v) is 4.42. The van der Waals surface area contributed by atoms with Gasteiger partial charge in [-0.3, -0.25) is 9.69 Å². The highest BCUT2D eigenvalue weighted by Crippen LogP contribution is 2.23. The monoisotopic (exact) mass is 284 g/mol. The van der Waals surface area contributed by atoms with Crippen LogP contribution in [0.1, 0.15) is 23.8 Å². The van der Waals surface area contributed by atoms with Crippen molar-refractivity contribution in [3.63, 3.8) is 0 Å². The molecule has 0 aromatic carbocycles. The Labute approximate surface area is 117 Å². The van der Waals surface area contributed by atoms with Crippen molar-refractivity contribution in [2.45, 2.75) is 32.9 Å². The molecule has 0 aliphatic carbocycles. The fraction of sp³-hybridized carbons (Fsp3) is 0.692. The minimum absolute atomic E-state index is 0.150. The molecule has 2 rings (SSSR count). The molecule has 1 aliphatic rings. The number of oxazole rings is 1. The van der Waals surface area contributed by atoms with Crippen LogP contribution >= 0.6 is 11.8 Å². The van der Waals surface area contributed by atoms with Crippen molar-refractivity contribution in [2.75, 3.05) is 25.2 Å². The smallest absolute Gasteiger partial charge is 0.307 e. The molecule has 1 saturated heterocycles. The summed E-state index contributed by atoms with van der Waals surface area (Å²) in [7, 11) is 1.44. The standard InChI is InChI=1S/C13H20N2O3S/c1-9-12(18-10(2)14-9)7-15-4-5-19-8-11(15)6-13(16)17-3/h11H,4-8H2,1-3H3/t11-/m0/s1. The molecule has 0 spiro atoms. The maximum absolute atomic E-state index is 11.5. The van der Waals surface area contributed by atoms with E-state index >= 15 is 0 Å². The van der Waals surface area contributed by atoms with Gasteiger partial charge in [0, 0.05) is 31.0 Å². The SMILES string of the molecule is COC(=O)C[C@H]1CSCCN1Cc1oc(C)nc1C. The predicted octanol–water partition coefficient (Wildman–Crippen LogP) is 1.77. The number of ether oxygens (including phenoxy) is 1. The molecule has 0 bridgehead atoms. The molecule has 2 heterocycles. The number of carbonyl (C=O) groups is 1. The molecule has 1 aromatic rings. The van der Waals surface area contributed by atoms with Gasteiger partial charge < -0.3 is 9.15 Å². The molecule has 1 atom stereocenters. The van der Waals surface area contributed by atoms with E-state index in [1.54, 1.807) is 0 Å². The van der Waals surface area contributed by atoms with Crippen LogP contribution in [0.5, 0.6) is 0 Å². The van der Waals surface area contributed by atoms with E-state index in [0.29, 0.717) is 12.3 Å². The van der Waals surface area contributed by atoms with E-state index in [-0.39, 0.29) is 12.0 Å². The lowest BCUT2D eigenvalue weighted by Crippen LogP contribution is -2.43. The van der Waals surface area contributed by atoms with Crippen LogP contribution in [-0.4, -0.2) is 47.1 Å². The molecule has 0 N–H and O–H groups in total. The number of aryl methyl sites for hydroxylation is 2. The zero-order chi connectivity index (χ0) is 13.8. The summed E-state index contributed by atoms with van der Waals surface area (Å²) in [5, 5.41) is 0. The number of aromatic nitrogens is 1. The minimum Gasteiger partial charge on any atom is -0.469 e. The summed E-state index contributed by atoms with van der Waals surface area (Å²) in [6, 6.07) is 0.219. The van der Waals surface area contributed by atoms with Gasteiger partial charge in [0.15, 0.2) is 5.89 Å². The second-order valence-electron chi connectivity index (χ2n) is 4.72. The first-order valence-corrected chi connectivity index (χ1v) is 7.57. The van der Waals surface area contributed by atoms with E-state index in [2.05, 4.69) is 9.88 Å². The predicted molar refractivity (Wildman–Crippen MR) is 74.1 cm³/mol. The number of esters is 1. The van der Waals surface area contributed by atoms with E-state index < -0.39 is 0 Å². The zero-order valence-electron chi connectivity index (χ0n) is 11.6. The first-order chi connectivity index (χ1) is 9.10. The quantitative estimate of drug-likeness (QED) is 0.786. The van der Waals surface area contributed by atoms with Crippen molar-refractivity contribution in [3.05, 3.63) is 17.3 Å². The molecule has 0 saturated carbocycles. The Morgan fingerprint density at radius 3 is 3.00 bits per heavy atom. The number of rotatable bonds is 4. The van der Waals surface area contributed by atoms with E-state index in [1.807, 2.05) is 25.6 Å². The number of nitrogens with zero attached hydrogens (tertiary/aromatic N) is 2. The van der Waals surface area contributed by atoms with Crippen LogP contribution in [0.25, 0.3) is 0 Å². The van der Waals surface area contributed by atoms with Gasteiger partial charge in [-0.05, 0) is 6.92 Å². The van der Waals surface area contributed by atoms with E-state index in [4.69, 9.17) is 9.15 Å². The van der Waals surface area contributed by atoms with Crippen molar-refractivity contribution >= 4 is 17.7 Å². The summed E-state index contributed by atoms with van der Waals surface area (Å²) in [5.41, 5.74) is 0.938. The maximum atomic E-state index is 11.5. The summed E-state index contributed by atoms with van der Waals surface area (Å²) in [4.78, 5) is 18.0. The molecule has 19 heavy (non-hydrogen) atoms. The Bertz CT molecular complexity index is 447. The van der Waals surface area contributed by atoms with Crippen LogP contribution < -0.4 is 0 Å². The van der Waals surface area contributed by atoms with Gasteiger partial charge >= 0.3 is 5.97 Å². The molecule has 5 nitrogen and oxygen atoms in total. The van der Waals surface area contributed by atoms with Crippen LogP contribution in [0, 0.1) is 13.8 Å². The molecule has 0 unspecified atom stereocenters. The molecular weight excluding hydrogens is 264 g/mol. The lowest BCUT2D eigenvalue weighted by Gasteiger charge is -2.34. The number of carbonyl (C=O) groups excluding carboxylic acids is 1. The van der Waals surface area contributed by atoms with Crippen LogP contribution in [0.3, 0.4) is 0 Å². The second-order valence-corrected chi connectivity index (χ2v) is 5.87. The number of thioether (sulfide) groups is 1. The Hall–Kier alpha value is -1.01. The van der Waals surface area contributed by atoms with Crippen molar-refractivity contribution in [2.24, 2.45) is 0 Å². The van der Waals surface area contributed by atoms with Gasteiger partial charge in [0.2, 0.25) is 0 Å². The highest BCUT2D eigenvalue weighted by Gasteiger charge is 2.27. The highest BCUT2D eigenvalue weighted by atomic mass is 32.2. The van der Waals surface area contributed by atoms with Crippen molar-refractivity contribution in [1.82, 2.24) is 9.88 Å². The second kappa shape index (κ2) is 6.43. The normalized spacial score (nSPS) is 20.5. The fourth-order valence-corrected chi connectivity index (χ4v) is 3.40. The van der Waals surface area contributed by atoms with Crippen molar-refractivity contribution in [3.8, 4) is 0 Å². The van der Waals surface area contributed by atoms with Gasteiger partial charge in [-0.15, -0.1) is 0 Å². The summed E-state index contributed by atoms with van der Waals surface area (Å²) < 4.78 is 10.4. The van der Waals surface area contributed by atoms with E-state index in [9.17, 15) is 4.79 Å². The molecule has 106 valence electrons. The summed E-state index contributed by atoms with van der Waals surface area (Å²) in [6.07, 6.45) is 0.440. The van der Waals surface area contributed by atoms with Crippen LogP contribution in [0.4, 0.5) is 0 Å². The van der Waals surface area contributed by atoms with Crippen molar-refractivity contribution in [1.29, 1.82) is 0 Å². The molecule has 1 aliphatic heterocycles. The number of hydrogen-bond donors (Lipinski definition) is 0. The first kappa shape index (κ1) is 14.4. The van der Waals surface area contributed by atoms with Crippen LogP contribution in [0.2, 0.25) is 0 Å². The number of hydrogen-bond acceptors (Lipinski definition) is 6. The minimum atomic E-state index is -0.150. The largest absolute Gasteiger partial charge is 0.469 e. The van der Waals surface area contributed by atoms with Crippen molar-refractivity contribution < 1.29 is 13.9 Å². The van der Waals surface area contributed by atoms with Gasteiger partial charge in [0.25, 0.3) is 0 Å². The summed E-state index contributed by atoms with van der Waals surface area (Å²) >= 11 is 1.88.